The van der Waals surface area contributed by atoms with Gasteiger partial charge in [-0.2, -0.15) is 0 Å². The molecule has 1 rings (SSSR count). The summed E-state index contributed by atoms with van der Waals surface area (Å²) in [6.07, 6.45) is 0. The minimum atomic E-state index is -0.0832. The number of carbonyl (C=O) groups is 1. The van der Waals surface area contributed by atoms with Gasteiger partial charge in [0, 0.05) is 6.54 Å². The molecule has 1 N–H and O–H groups in total. The Labute approximate surface area is 90.4 Å². The lowest BCUT2D eigenvalue weighted by Gasteiger charge is -2.11. The lowest BCUT2D eigenvalue weighted by Crippen LogP contribution is -2.28. The average Bonchev–Trinajstić information content (AvgIpc) is 2.17. The molecule has 0 atom stereocenters. The van der Waals surface area contributed by atoms with Crippen LogP contribution in [0.5, 0.6) is 5.75 Å². The van der Waals surface area contributed by atoms with E-state index < -0.39 is 0 Å². The third-order valence-electron chi connectivity index (χ3n) is 2.13. The van der Waals surface area contributed by atoms with Crippen LogP contribution < -0.4 is 10.1 Å². The van der Waals surface area contributed by atoms with Gasteiger partial charge in [0.1, 0.15) is 5.75 Å². The molecule has 0 spiro atoms. The Bertz CT molecular complexity index is 327. The predicted octanol–water partition coefficient (Wildman–Crippen LogP) is 1.82. The van der Waals surface area contributed by atoms with E-state index in [1.54, 1.807) is 0 Å². The number of aryl methyl sites for hydroxylation is 2. The van der Waals surface area contributed by atoms with Crippen molar-refractivity contribution in [2.24, 2.45) is 0 Å². The summed E-state index contributed by atoms with van der Waals surface area (Å²) in [4.78, 5) is 11.2. The lowest BCUT2D eigenvalue weighted by atomic mass is 10.1. The van der Waals surface area contributed by atoms with E-state index in [2.05, 4.69) is 5.32 Å². The standard InChI is InChI=1S/C12H17NO2/c1-4-13-11(14)8-15-12-9(2)6-5-7-10(12)3/h5-7H,4,8H2,1-3H3,(H,13,14). The second kappa shape index (κ2) is 5.39. The second-order valence-corrected chi connectivity index (χ2v) is 3.46. The molecule has 1 aromatic rings. The Kier molecular flexibility index (Phi) is 4.16. The summed E-state index contributed by atoms with van der Waals surface area (Å²) in [6, 6.07) is 5.92. The molecule has 0 unspecified atom stereocenters. The van der Waals surface area contributed by atoms with E-state index in [-0.39, 0.29) is 12.5 Å². The normalized spacial score (nSPS) is 9.80. The monoisotopic (exact) mass is 207 g/mol. The number of carbonyl (C=O) groups excluding carboxylic acids is 1. The molecule has 0 aromatic heterocycles. The van der Waals surface area contributed by atoms with Gasteiger partial charge in [-0.05, 0) is 31.9 Å². The summed E-state index contributed by atoms with van der Waals surface area (Å²) in [6.45, 7) is 6.55. The van der Waals surface area contributed by atoms with Crippen LogP contribution >= 0.6 is 0 Å². The maximum absolute atomic E-state index is 11.2. The predicted molar refractivity (Wildman–Crippen MR) is 60.1 cm³/mol. The molecule has 0 saturated carbocycles. The van der Waals surface area contributed by atoms with Crippen molar-refractivity contribution >= 4 is 5.91 Å². The molecule has 0 heterocycles. The van der Waals surface area contributed by atoms with Gasteiger partial charge in [-0.3, -0.25) is 4.79 Å². The highest BCUT2D eigenvalue weighted by Gasteiger charge is 2.05. The molecular weight excluding hydrogens is 190 g/mol. The van der Waals surface area contributed by atoms with Crippen LogP contribution in [0.25, 0.3) is 0 Å². The number of benzene rings is 1. The van der Waals surface area contributed by atoms with Crippen molar-refractivity contribution in [1.29, 1.82) is 0 Å². The molecule has 82 valence electrons. The molecule has 1 aromatic carbocycles. The van der Waals surface area contributed by atoms with Crippen LogP contribution in [0.3, 0.4) is 0 Å². The van der Waals surface area contributed by atoms with E-state index in [0.29, 0.717) is 6.54 Å². The van der Waals surface area contributed by atoms with Crippen molar-refractivity contribution in [3.63, 3.8) is 0 Å². The van der Waals surface area contributed by atoms with Crippen molar-refractivity contribution in [1.82, 2.24) is 5.32 Å². The lowest BCUT2D eigenvalue weighted by molar-refractivity contribution is -0.122. The summed E-state index contributed by atoms with van der Waals surface area (Å²) in [7, 11) is 0. The Morgan fingerprint density at radius 3 is 2.47 bits per heavy atom. The fraction of sp³-hybridized carbons (Fsp3) is 0.417. The van der Waals surface area contributed by atoms with E-state index >= 15 is 0 Å². The minimum absolute atomic E-state index is 0.0829. The zero-order chi connectivity index (χ0) is 11.3. The van der Waals surface area contributed by atoms with Gasteiger partial charge in [-0.15, -0.1) is 0 Å². The molecule has 1 amide bonds. The van der Waals surface area contributed by atoms with Gasteiger partial charge in [0.25, 0.3) is 5.91 Å². The van der Waals surface area contributed by atoms with Gasteiger partial charge in [0.2, 0.25) is 0 Å². The maximum atomic E-state index is 11.2. The summed E-state index contributed by atoms with van der Waals surface area (Å²) in [5.74, 6) is 0.726. The quantitative estimate of drug-likeness (QED) is 0.817. The van der Waals surface area contributed by atoms with E-state index in [4.69, 9.17) is 4.74 Å². The summed E-state index contributed by atoms with van der Waals surface area (Å²) >= 11 is 0. The molecule has 0 bridgehead atoms. The number of likely N-dealkylation sites (N-methyl/N-ethyl adjacent to an activating group) is 1. The van der Waals surface area contributed by atoms with Crippen LogP contribution in [0.4, 0.5) is 0 Å². The molecule has 0 aliphatic heterocycles. The topological polar surface area (TPSA) is 38.3 Å². The van der Waals surface area contributed by atoms with Gasteiger partial charge >= 0.3 is 0 Å². The van der Waals surface area contributed by atoms with Crippen LogP contribution in [0.15, 0.2) is 18.2 Å². The Balaban J connectivity index is 2.61. The number of hydrogen-bond donors (Lipinski definition) is 1. The first-order valence-corrected chi connectivity index (χ1v) is 5.11. The summed E-state index contributed by atoms with van der Waals surface area (Å²) in [5.41, 5.74) is 2.11. The van der Waals surface area contributed by atoms with Gasteiger partial charge in [-0.1, -0.05) is 18.2 Å². The molecule has 0 saturated heterocycles. The van der Waals surface area contributed by atoms with E-state index in [0.717, 1.165) is 16.9 Å². The van der Waals surface area contributed by atoms with Crippen LogP contribution in [0.1, 0.15) is 18.1 Å². The fourth-order valence-corrected chi connectivity index (χ4v) is 1.41. The van der Waals surface area contributed by atoms with Gasteiger partial charge < -0.3 is 10.1 Å². The van der Waals surface area contributed by atoms with E-state index in [1.165, 1.54) is 0 Å². The minimum Gasteiger partial charge on any atom is -0.483 e. The van der Waals surface area contributed by atoms with Gasteiger partial charge in [0.15, 0.2) is 6.61 Å². The Morgan fingerprint density at radius 1 is 1.33 bits per heavy atom. The van der Waals surface area contributed by atoms with Crippen LogP contribution in [-0.4, -0.2) is 19.1 Å². The first-order valence-electron chi connectivity index (χ1n) is 5.11. The molecule has 15 heavy (non-hydrogen) atoms. The smallest absolute Gasteiger partial charge is 0.257 e. The molecule has 0 radical (unpaired) electrons. The highest BCUT2D eigenvalue weighted by atomic mass is 16.5. The molecular formula is C12H17NO2. The second-order valence-electron chi connectivity index (χ2n) is 3.46. The number of para-hydroxylation sites is 1. The third kappa shape index (κ3) is 3.27. The highest BCUT2D eigenvalue weighted by Crippen LogP contribution is 2.21. The van der Waals surface area contributed by atoms with E-state index in [1.807, 2.05) is 39.0 Å². The molecule has 3 nitrogen and oxygen atoms in total. The average molecular weight is 207 g/mol. The van der Waals surface area contributed by atoms with Crippen molar-refractivity contribution in [3.8, 4) is 5.75 Å². The number of hydrogen-bond acceptors (Lipinski definition) is 2. The van der Waals surface area contributed by atoms with Crippen LogP contribution in [-0.2, 0) is 4.79 Å². The Morgan fingerprint density at radius 2 is 1.93 bits per heavy atom. The van der Waals surface area contributed by atoms with E-state index in [9.17, 15) is 4.79 Å². The molecule has 0 aliphatic rings. The SMILES string of the molecule is CCNC(=O)COc1c(C)cccc1C. The summed E-state index contributed by atoms with van der Waals surface area (Å²) in [5, 5.41) is 2.69. The van der Waals surface area contributed by atoms with Crippen molar-refractivity contribution in [3.05, 3.63) is 29.3 Å². The largest absolute Gasteiger partial charge is 0.483 e. The third-order valence-corrected chi connectivity index (χ3v) is 2.13. The number of amides is 1. The summed E-state index contributed by atoms with van der Waals surface area (Å²) < 4.78 is 5.47. The van der Waals surface area contributed by atoms with Crippen molar-refractivity contribution < 1.29 is 9.53 Å². The van der Waals surface area contributed by atoms with Crippen molar-refractivity contribution in [2.75, 3.05) is 13.2 Å². The number of rotatable bonds is 4. The Hall–Kier alpha value is -1.51. The van der Waals surface area contributed by atoms with Gasteiger partial charge in [-0.25, -0.2) is 0 Å². The highest BCUT2D eigenvalue weighted by molar-refractivity contribution is 5.77. The number of ether oxygens (including phenoxy) is 1. The van der Waals surface area contributed by atoms with Crippen LogP contribution in [0, 0.1) is 13.8 Å². The first-order chi connectivity index (χ1) is 7.15. The number of nitrogens with one attached hydrogen (secondary N) is 1. The van der Waals surface area contributed by atoms with Gasteiger partial charge in [0.05, 0.1) is 0 Å². The molecule has 0 aliphatic carbocycles. The maximum Gasteiger partial charge on any atom is 0.257 e. The molecule has 0 fully saturated rings. The zero-order valence-corrected chi connectivity index (χ0v) is 9.46. The van der Waals surface area contributed by atoms with Crippen LogP contribution in [0.2, 0.25) is 0 Å². The first kappa shape index (κ1) is 11.6. The van der Waals surface area contributed by atoms with Crippen molar-refractivity contribution in [2.45, 2.75) is 20.8 Å². The fourth-order valence-electron chi connectivity index (χ4n) is 1.41. The molecule has 3 heteroatoms. The zero-order valence-electron chi connectivity index (χ0n) is 9.46.